The maximum atomic E-state index is 13.6. The second-order valence-electron chi connectivity index (χ2n) is 13.0. The highest BCUT2D eigenvalue weighted by Crippen LogP contribution is 2.39. The number of hydrogen-bond acceptors (Lipinski definition) is 5. The number of ether oxygens (including phenoxy) is 1. The maximum absolute atomic E-state index is 13.6. The summed E-state index contributed by atoms with van der Waals surface area (Å²) in [5.74, 6) is 0.175. The van der Waals surface area contributed by atoms with Crippen molar-refractivity contribution in [1.82, 2.24) is 19.6 Å². The van der Waals surface area contributed by atoms with Crippen LogP contribution < -0.4 is 0 Å². The van der Waals surface area contributed by atoms with Crippen molar-refractivity contribution in [3.63, 3.8) is 0 Å². The predicted octanol–water partition coefficient (Wildman–Crippen LogP) is 7.63. The van der Waals surface area contributed by atoms with E-state index in [-0.39, 0.29) is 48.6 Å². The molecule has 2 aromatic carbocycles. The van der Waals surface area contributed by atoms with Gasteiger partial charge in [0.25, 0.3) is 0 Å². The largest absolute Gasteiger partial charge is 0.367 e. The zero-order valence-electron chi connectivity index (χ0n) is 27.1. The molecule has 3 aliphatic rings. The van der Waals surface area contributed by atoms with Gasteiger partial charge < -0.3 is 19.4 Å². The molecule has 47 heavy (non-hydrogen) atoms. The first-order valence-electron chi connectivity index (χ1n) is 16.0. The molecule has 262 valence electrons. The van der Waals surface area contributed by atoms with Gasteiger partial charge in [0.05, 0.1) is 39.7 Å². The Hall–Kier alpha value is -1.000. The van der Waals surface area contributed by atoms with Crippen LogP contribution in [0.4, 0.5) is 0 Å². The Morgan fingerprint density at radius 2 is 1.57 bits per heavy atom. The topological polar surface area (TPSA) is 56.3 Å². The zero-order valence-corrected chi connectivity index (χ0v) is 31.8. The standard InChI is InChI=1S/C34H44Cl4N4O3.2ClH/c1-39(2)31(44)23-33(42-14-4-3-5-15-42)11-16-40(17-12-33)18-13-34(26-9-10-27(35)29(37)22-26)24-41(19-20-45-34)30(43)21-25-7-6-8-28(36)32(25)38;;/h6-10,22H,3-5,11-21,23-24H2,1-2H3;2*1H. The minimum absolute atomic E-state index is 0. The zero-order chi connectivity index (χ0) is 32.2. The third-order valence-corrected chi connectivity index (χ3v) is 11.6. The number of morpholine rings is 1. The molecule has 1 atom stereocenters. The molecular formula is C34H46Cl6N4O3. The molecule has 7 nitrogen and oxygen atoms in total. The second kappa shape index (κ2) is 17.8. The number of amides is 2. The van der Waals surface area contributed by atoms with Crippen LogP contribution >= 0.6 is 71.2 Å². The Labute approximate surface area is 311 Å². The molecule has 2 aromatic rings. The first kappa shape index (κ1) is 40.4. The van der Waals surface area contributed by atoms with Crippen molar-refractivity contribution in [1.29, 1.82) is 0 Å². The number of nitrogens with zero attached hydrogens (tertiary/aromatic N) is 4. The van der Waals surface area contributed by atoms with Gasteiger partial charge in [-0.2, -0.15) is 0 Å². The summed E-state index contributed by atoms with van der Waals surface area (Å²) in [4.78, 5) is 35.3. The van der Waals surface area contributed by atoms with E-state index in [1.54, 1.807) is 17.0 Å². The molecule has 3 saturated heterocycles. The van der Waals surface area contributed by atoms with E-state index < -0.39 is 5.60 Å². The molecule has 0 bridgehead atoms. The summed E-state index contributed by atoms with van der Waals surface area (Å²) in [6.07, 6.45) is 6.98. The second-order valence-corrected chi connectivity index (χ2v) is 14.6. The Morgan fingerprint density at radius 1 is 0.872 bits per heavy atom. The van der Waals surface area contributed by atoms with Crippen LogP contribution in [0.3, 0.4) is 0 Å². The highest BCUT2D eigenvalue weighted by molar-refractivity contribution is 6.42. The molecule has 0 N–H and O–H groups in total. The quantitative estimate of drug-likeness (QED) is 0.263. The molecule has 5 rings (SSSR count). The number of piperidine rings is 2. The third-order valence-electron chi connectivity index (χ3n) is 9.98. The van der Waals surface area contributed by atoms with Crippen LogP contribution in [0, 0.1) is 0 Å². The number of likely N-dealkylation sites (tertiary alicyclic amines) is 2. The number of rotatable bonds is 9. The van der Waals surface area contributed by atoms with Crippen LogP contribution in [-0.4, -0.2) is 103 Å². The van der Waals surface area contributed by atoms with E-state index in [2.05, 4.69) is 9.80 Å². The van der Waals surface area contributed by atoms with Crippen molar-refractivity contribution in [2.75, 3.05) is 66.5 Å². The van der Waals surface area contributed by atoms with Gasteiger partial charge in [-0.1, -0.05) is 71.0 Å². The molecule has 2 amide bonds. The van der Waals surface area contributed by atoms with E-state index >= 15 is 0 Å². The van der Waals surface area contributed by atoms with Crippen molar-refractivity contribution in [2.45, 2.75) is 62.5 Å². The fourth-order valence-corrected chi connectivity index (χ4v) is 7.84. The summed E-state index contributed by atoms with van der Waals surface area (Å²) in [6, 6.07) is 11.0. The predicted molar refractivity (Wildman–Crippen MR) is 197 cm³/mol. The molecule has 3 aliphatic heterocycles. The Morgan fingerprint density at radius 3 is 2.23 bits per heavy atom. The first-order valence-corrected chi connectivity index (χ1v) is 17.5. The highest BCUT2D eigenvalue weighted by Gasteiger charge is 2.44. The smallest absolute Gasteiger partial charge is 0.227 e. The fourth-order valence-electron chi connectivity index (χ4n) is 7.15. The first-order chi connectivity index (χ1) is 21.5. The Kier molecular flexibility index (Phi) is 15.3. The van der Waals surface area contributed by atoms with Crippen molar-refractivity contribution >= 4 is 83.0 Å². The van der Waals surface area contributed by atoms with Gasteiger partial charge in [-0.05, 0) is 87.6 Å². The monoisotopic (exact) mass is 768 g/mol. The van der Waals surface area contributed by atoms with Gasteiger partial charge >= 0.3 is 0 Å². The number of carbonyl (C=O) groups excluding carboxylic acids is 2. The van der Waals surface area contributed by atoms with Gasteiger partial charge in [-0.3, -0.25) is 14.5 Å². The molecule has 0 spiro atoms. The molecule has 1 unspecified atom stereocenters. The lowest BCUT2D eigenvalue weighted by molar-refractivity contribution is -0.155. The Bertz CT molecular complexity index is 1370. The summed E-state index contributed by atoms with van der Waals surface area (Å²) in [6.45, 7) is 6.03. The number of halogens is 6. The summed E-state index contributed by atoms with van der Waals surface area (Å²) in [7, 11) is 3.71. The van der Waals surface area contributed by atoms with E-state index in [1.807, 2.05) is 43.3 Å². The van der Waals surface area contributed by atoms with Crippen molar-refractivity contribution in [2.24, 2.45) is 0 Å². The van der Waals surface area contributed by atoms with Gasteiger partial charge in [0.2, 0.25) is 11.8 Å². The van der Waals surface area contributed by atoms with E-state index in [0.29, 0.717) is 58.2 Å². The minimum atomic E-state index is -0.747. The summed E-state index contributed by atoms with van der Waals surface area (Å²) in [5.41, 5.74) is 0.777. The fraction of sp³-hybridized carbons (Fsp3) is 0.588. The van der Waals surface area contributed by atoms with Crippen molar-refractivity contribution in [3.05, 3.63) is 67.6 Å². The highest BCUT2D eigenvalue weighted by atomic mass is 35.5. The van der Waals surface area contributed by atoms with E-state index in [1.165, 1.54) is 19.3 Å². The molecule has 0 saturated carbocycles. The molecule has 3 heterocycles. The molecule has 13 heteroatoms. The minimum Gasteiger partial charge on any atom is -0.367 e. The van der Waals surface area contributed by atoms with Crippen molar-refractivity contribution < 1.29 is 14.3 Å². The van der Waals surface area contributed by atoms with E-state index in [4.69, 9.17) is 51.1 Å². The number of carbonyl (C=O) groups is 2. The van der Waals surface area contributed by atoms with Gasteiger partial charge in [0.15, 0.2) is 0 Å². The molecule has 0 aliphatic carbocycles. The van der Waals surface area contributed by atoms with Crippen LogP contribution in [0.1, 0.15) is 56.1 Å². The molecule has 0 radical (unpaired) electrons. The van der Waals surface area contributed by atoms with Gasteiger partial charge in [0, 0.05) is 39.1 Å². The van der Waals surface area contributed by atoms with Crippen LogP contribution in [0.15, 0.2) is 36.4 Å². The summed E-state index contributed by atoms with van der Waals surface area (Å²) < 4.78 is 6.60. The summed E-state index contributed by atoms with van der Waals surface area (Å²) >= 11 is 25.5. The van der Waals surface area contributed by atoms with Gasteiger partial charge in [-0.25, -0.2) is 0 Å². The molecular weight excluding hydrogens is 725 g/mol. The van der Waals surface area contributed by atoms with Crippen LogP contribution in [0.2, 0.25) is 20.1 Å². The van der Waals surface area contributed by atoms with Crippen LogP contribution in [0.25, 0.3) is 0 Å². The SMILES string of the molecule is CN(C)C(=O)CC1(N2CCCCC2)CCN(CCC2(c3ccc(Cl)c(Cl)c3)CN(C(=O)Cc3cccc(Cl)c3Cl)CCO2)CC1.Cl.Cl. The third kappa shape index (κ3) is 9.62. The Balaban J connectivity index is 0.00000300. The molecule has 3 fully saturated rings. The van der Waals surface area contributed by atoms with Crippen LogP contribution in [0.5, 0.6) is 0 Å². The van der Waals surface area contributed by atoms with Gasteiger partial charge in [-0.15, -0.1) is 24.8 Å². The van der Waals surface area contributed by atoms with Crippen molar-refractivity contribution in [3.8, 4) is 0 Å². The normalized spacial score (nSPS) is 21.8. The summed E-state index contributed by atoms with van der Waals surface area (Å²) in [5, 5.41) is 1.79. The average molecular weight is 771 g/mol. The van der Waals surface area contributed by atoms with E-state index in [0.717, 1.165) is 51.1 Å². The lowest BCUT2D eigenvalue weighted by atomic mass is 9.80. The average Bonchev–Trinajstić information content (AvgIpc) is 3.04. The lowest BCUT2D eigenvalue weighted by Crippen LogP contribution is -2.59. The van der Waals surface area contributed by atoms with E-state index in [9.17, 15) is 9.59 Å². The number of benzene rings is 2. The number of hydrogen-bond donors (Lipinski definition) is 0. The van der Waals surface area contributed by atoms with Crippen LogP contribution in [-0.2, 0) is 26.3 Å². The molecule has 0 aromatic heterocycles. The lowest BCUT2D eigenvalue weighted by Gasteiger charge is -2.51. The maximum Gasteiger partial charge on any atom is 0.227 e. The van der Waals surface area contributed by atoms with Gasteiger partial charge in [0.1, 0.15) is 5.60 Å².